The standard InChI is InChI=1S/C11H10N2O2/c14-11(15)9-5-2-4-8-13(9)10-6-1-3-7-12-10/h1-9H,(H,14,15). The molecule has 1 unspecified atom stereocenters. The number of carbonyl (C=O) groups is 1. The van der Waals surface area contributed by atoms with Crippen LogP contribution in [0.3, 0.4) is 0 Å². The zero-order valence-electron chi connectivity index (χ0n) is 7.95. The molecule has 1 aromatic rings. The van der Waals surface area contributed by atoms with Crippen LogP contribution in [0.2, 0.25) is 0 Å². The van der Waals surface area contributed by atoms with Crippen LogP contribution in [0.25, 0.3) is 0 Å². The van der Waals surface area contributed by atoms with Crippen LogP contribution in [0.4, 0.5) is 5.82 Å². The highest BCUT2D eigenvalue weighted by atomic mass is 16.4. The van der Waals surface area contributed by atoms with E-state index in [1.807, 2.05) is 6.07 Å². The van der Waals surface area contributed by atoms with Crippen LogP contribution in [0.15, 0.2) is 48.8 Å². The molecule has 1 atom stereocenters. The van der Waals surface area contributed by atoms with Crippen LogP contribution in [0, 0.1) is 0 Å². The lowest BCUT2D eigenvalue weighted by Crippen LogP contribution is -2.37. The fourth-order valence-electron chi connectivity index (χ4n) is 1.42. The van der Waals surface area contributed by atoms with E-state index in [1.165, 1.54) is 0 Å². The molecule has 0 saturated heterocycles. The number of hydrogen-bond acceptors (Lipinski definition) is 3. The second-order valence-corrected chi connectivity index (χ2v) is 3.10. The van der Waals surface area contributed by atoms with Crippen molar-refractivity contribution in [3.8, 4) is 0 Å². The van der Waals surface area contributed by atoms with Gasteiger partial charge < -0.3 is 10.0 Å². The van der Waals surface area contributed by atoms with Crippen molar-refractivity contribution < 1.29 is 9.90 Å². The summed E-state index contributed by atoms with van der Waals surface area (Å²) in [4.78, 5) is 16.7. The Bertz CT molecular complexity index is 412. The van der Waals surface area contributed by atoms with Crippen molar-refractivity contribution in [3.05, 3.63) is 48.8 Å². The van der Waals surface area contributed by atoms with Gasteiger partial charge in [-0.2, -0.15) is 0 Å². The van der Waals surface area contributed by atoms with E-state index >= 15 is 0 Å². The minimum atomic E-state index is -0.888. The molecular formula is C11H10N2O2. The quantitative estimate of drug-likeness (QED) is 0.788. The average molecular weight is 202 g/mol. The molecule has 1 N–H and O–H groups in total. The van der Waals surface area contributed by atoms with E-state index in [0.29, 0.717) is 5.82 Å². The number of hydrogen-bond donors (Lipinski definition) is 1. The van der Waals surface area contributed by atoms with Crippen molar-refractivity contribution in [1.29, 1.82) is 0 Å². The van der Waals surface area contributed by atoms with E-state index in [4.69, 9.17) is 5.11 Å². The van der Waals surface area contributed by atoms with Gasteiger partial charge in [0, 0.05) is 12.4 Å². The van der Waals surface area contributed by atoms with Gasteiger partial charge in [-0.05, 0) is 18.2 Å². The van der Waals surface area contributed by atoms with Crippen LogP contribution >= 0.6 is 0 Å². The van der Waals surface area contributed by atoms with Crippen molar-refractivity contribution in [2.24, 2.45) is 0 Å². The van der Waals surface area contributed by atoms with E-state index < -0.39 is 12.0 Å². The van der Waals surface area contributed by atoms with Crippen molar-refractivity contribution in [1.82, 2.24) is 4.98 Å². The molecule has 0 amide bonds. The highest BCUT2D eigenvalue weighted by molar-refractivity contribution is 5.81. The first kappa shape index (κ1) is 9.45. The summed E-state index contributed by atoms with van der Waals surface area (Å²) < 4.78 is 0. The zero-order valence-corrected chi connectivity index (χ0v) is 7.95. The highest BCUT2D eigenvalue weighted by Crippen LogP contribution is 2.17. The van der Waals surface area contributed by atoms with Gasteiger partial charge in [0.15, 0.2) is 6.04 Å². The Morgan fingerprint density at radius 1 is 1.40 bits per heavy atom. The highest BCUT2D eigenvalue weighted by Gasteiger charge is 2.23. The monoisotopic (exact) mass is 202 g/mol. The minimum Gasteiger partial charge on any atom is -0.479 e. The molecule has 0 bridgehead atoms. The van der Waals surface area contributed by atoms with Crippen LogP contribution in [-0.2, 0) is 4.79 Å². The fraction of sp³-hybridized carbons (Fsp3) is 0.0909. The van der Waals surface area contributed by atoms with Crippen molar-refractivity contribution >= 4 is 11.8 Å². The fourth-order valence-corrected chi connectivity index (χ4v) is 1.42. The molecule has 2 heterocycles. The third-order valence-corrected chi connectivity index (χ3v) is 2.12. The molecular weight excluding hydrogens is 192 g/mol. The Balaban J connectivity index is 2.32. The Kier molecular flexibility index (Phi) is 2.49. The molecule has 0 spiro atoms. The predicted octanol–water partition coefficient (Wildman–Crippen LogP) is 1.42. The molecule has 0 aliphatic carbocycles. The summed E-state index contributed by atoms with van der Waals surface area (Å²) >= 11 is 0. The maximum Gasteiger partial charge on any atom is 0.330 e. The Labute approximate surface area is 87.2 Å². The second kappa shape index (κ2) is 3.96. The van der Waals surface area contributed by atoms with Gasteiger partial charge >= 0.3 is 5.97 Å². The van der Waals surface area contributed by atoms with Crippen molar-refractivity contribution in [3.63, 3.8) is 0 Å². The summed E-state index contributed by atoms with van der Waals surface area (Å²) in [5.74, 6) is -0.258. The zero-order chi connectivity index (χ0) is 10.7. The number of nitrogens with zero attached hydrogens (tertiary/aromatic N) is 2. The third kappa shape index (κ3) is 1.88. The maximum atomic E-state index is 11.0. The summed E-state index contributed by atoms with van der Waals surface area (Å²) in [6.45, 7) is 0. The summed E-state index contributed by atoms with van der Waals surface area (Å²) in [5.41, 5.74) is 0. The molecule has 0 saturated carbocycles. The number of aromatic nitrogens is 1. The predicted molar refractivity (Wildman–Crippen MR) is 56.4 cm³/mol. The van der Waals surface area contributed by atoms with E-state index in [0.717, 1.165) is 0 Å². The average Bonchev–Trinajstić information content (AvgIpc) is 2.30. The van der Waals surface area contributed by atoms with Gasteiger partial charge in [-0.25, -0.2) is 9.78 Å². The van der Waals surface area contributed by atoms with E-state index in [9.17, 15) is 4.79 Å². The lowest BCUT2D eigenvalue weighted by molar-refractivity contribution is -0.137. The number of pyridine rings is 1. The van der Waals surface area contributed by atoms with Gasteiger partial charge in [-0.15, -0.1) is 0 Å². The first-order chi connectivity index (χ1) is 7.29. The number of aliphatic carboxylic acids is 1. The lowest BCUT2D eigenvalue weighted by Gasteiger charge is -2.25. The number of allylic oxidation sites excluding steroid dienone is 2. The van der Waals surface area contributed by atoms with E-state index in [1.54, 1.807) is 47.7 Å². The topological polar surface area (TPSA) is 53.4 Å². The molecule has 4 nitrogen and oxygen atoms in total. The molecule has 0 fully saturated rings. The summed E-state index contributed by atoms with van der Waals surface area (Å²) in [6, 6.07) is 4.72. The molecule has 4 heteroatoms. The second-order valence-electron chi connectivity index (χ2n) is 3.10. The van der Waals surface area contributed by atoms with Crippen LogP contribution < -0.4 is 4.90 Å². The molecule has 2 rings (SSSR count). The van der Waals surface area contributed by atoms with Gasteiger partial charge in [-0.3, -0.25) is 0 Å². The molecule has 1 aliphatic rings. The summed E-state index contributed by atoms with van der Waals surface area (Å²) in [7, 11) is 0. The Morgan fingerprint density at radius 3 is 2.93 bits per heavy atom. The normalized spacial score (nSPS) is 19.2. The molecule has 1 aliphatic heterocycles. The number of rotatable bonds is 2. The number of anilines is 1. The van der Waals surface area contributed by atoms with Crippen molar-refractivity contribution in [2.75, 3.05) is 4.90 Å². The number of carboxylic acid groups (broad SMARTS) is 1. The van der Waals surface area contributed by atoms with Gasteiger partial charge in [0.25, 0.3) is 0 Å². The smallest absolute Gasteiger partial charge is 0.330 e. The van der Waals surface area contributed by atoms with Gasteiger partial charge in [0.2, 0.25) is 0 Å². The molecule has 1 aromatic heterocycles. The summed E-state index contributed by atoms with van der Waals surface area (Å²) in [5, 5.41) is 9.02. The van der Waals surface area contributed by atoms with E-state index in [2.05, 4.69) is 4.98 Å². The molecule has 0 radical (unpaired) electrons. The molecule has 0 aromatic carbocycles. The van der Waals surface area contributed by atoms with E-state index in [-0.39, 0.29) is 0 Å². The SMILES string of the molecule is O=C(O)C1C=CC=CN1c1ccccn1. The van der Waals surface area contributed by atoms with Gasteiger partial charge in [0.1, 0.15) is 5.82 Å². The van der Waals surface area contributed by atoms with Crippen molar-refractivity contribution in [2.45, 2.75) is 6.04 Å². The summed E-state index contributed by atoms with van der Waals surface area (Å²) in [6.07, 6.45) is 8.48. The lowest BCUT2D eigenvalue weighted by atomic mass is 10.2. The number of carboxylic acids is 1. The first-order valence-electron chi connectivity index (χ1n) is 4.56. The van der Waals surface area contributed by atoms with Crippen LogP contribution in [-0.4, -0.2) is 22.1 Å². The largest absolute Gasteiger partial charge is 0.479 e. The third-order valence-electron chi connectivity index (χ3n) is 2.12. The Morgan fingerprint density at radius 2 is 2.27 bits per heavy atom. The van der Waals surface area contributed by atoms with Crippen LogP contribution in [0.5, 0.6) is 0 Å². The maximum absolute atomic E-state index is 11.0. The molecule has 15 heavy (non-hydrogen) atoms. The Hall–Kier alpha value is -2.10. The molecule has 76 valence electrons. The van der Waals surface area contributed by atoms with Gasteiger partial charge in [0.05, 0.1) is 0 Å². The van der Waals surface area contributed by atoms with Gasteiger partial charge in [-0.1, -0.05) is 18.2 Å². The first-order valence-corrected chi connectivity index (χ1v) is 4.56. The minimum absolute atomic E-state index is 0.630. The van der Waals surface area contributed by atoms with Crippen LogP contribution in [0.1, 0.15) is 0 Å².